The van der Waals surface area contributed by atoms with Crippen LogP contribution in [0.15, 0.2) is 18.2 Å². The predicted octanol–water partition coefficient (Wildman–Crippen LogP) is 1.84. The molecule has 14 heavy (non-hydrogen) atoms. The van der Waals surface area contributed by atoms with Crippen molar-refractivity contribution in [3.05, 3.63) is 46.4 Å². The molecular weight excluding hydrogens is 180 g/mol. The van der Waals surface area contributed by atoms with E-state index >= 15 is 0 Å². The quantitative estimate of drug-likeness (QED) is 0.543. The number of hydrogen-bond acceptors (Lipinski definition) is 3. The molecule has 75 valence electrons. The molecule has 1 aromatic carbocycles. The molecule has 1 aromatic rings. The van der Waals surface area contributed by atoms with Gasteiger partial charge >= 0.3 is 0 Å². The summed E-state index contributed by atoms with van der Waals surface area (Å²) in [6.07, 6.45) is 0. The Morgan fingerprint density at radius 2 is 2.14 bits per heavy atom. The molecule has 1 radical (unpaired) electrons. The molecule has 0 aliphatic rings. The fourth-order valence-electron chi connectivity index (χ4n) is 1.35. The first-order valence-corrected chi connectivity index (χ1v) is 4.25. The molecule has 0 fully saturated rings. The van der Waals surface area contributed by atoms with Gasteiger partial charge in [0.2, 0.25) is 0 Å². The van der Waals surface area contributed by atoms with Crippen LogP contribution in [0.2, 0.25) is 0 Å². The summed E-state index contributed by atoms with van der Waals surface area (Å²) in [4.78, 5) is 12.3. The molecule has 0 aliphatic heterocycles. The third-order valence-corrected chi connectivity index (χ3v) is 1.87. The molecule has 0 aliphatic carbocycles. The zero-order chi connectivity index (χ0) is 10.7. The highest BCUT2D eigenvalue weighted by Crippen LogP contribution is 2.23. The predicted molar refractivity (Wildman–Crippen MR) is 54.9 cm³/mol. The number of para-hydroxylation sites is 1. The van der Waals surface area contributed by atoms with Crippen molar-refractivity contribution in [2.45, 2.75) is 6.54 Å². The van der Waals surface area contributed by atoms with Gasteiger partial charge in [0, 0.05) is 17.7 Å². The smallest absolute Gasteiger partial charge is 0.277 e. The third-order valence-electron chi connectivity index (χ3n) is 1.87. The summed E-state index contributed by atoms with van der Waals surface area (Å²) in [5.41, 5.74) is 1.29. The number of rotatable bonds is 3. The summed E-state index contributed by atoms with van der Waals surface area (Å²) in [7, 11) is 3.75. The Balaban J connectivity index is 3.14. The summed E-state index contributed by atoms with van der Waals surface area (Å²) in [6, 6.07) is 5.19. The topological polar surface area (TPSA) is 46.4 Å². The Morgan fingerprint density at radius 3 is 2.64 bits per heavy atom. The van der Waals surface area contributed by atoms with E-state index in [4.69, 9.17) is 0 Å². The van der Waals surface area contributed by atoms with E-state index in [1.165, 1.54) is 0 Å². The van der Waals surface area contributed by atoms with Gasteiger partial charge in [0.1, 0.15) is 0 Å². The minimum atomic E-state index is -0.374. The second kappa shape index (κ2) is 4.19. The van der Waals surface area contributed by atoms with Crippen LogP contribution in [0.25, 0.3) is 0 Å². The molecule has 4 heteroatoms. The fraction of sp³-hybridized carbons (Fsp3) is 0.300. The number of benzene rings is 1. The van der Waals surface area contributed by atoms with Gasteiger partial charge in [-0.2, -0.15) is 0 Å². The first kappa shape index (κ1) is 10.7. The van der Waals surface area contributed by atoms with Crippen LogP contribution in [0, 0.1) is 17.0 Å². The van der Waals surface area contributed by atoms with E-state index in [1.807, 2.05) is 19.0 Å². The Bertz CT molecular complexity index is 348. The Hall–Kier alpha value is -1.42. The summed E-state index contributed by atoms with van der Waals surface area (Å²) in [6.45, 7) is 4.20. The SMILES string of the molecule is [CH2]c1cccc(CN(C)C)c1[N+](=O)[O-]. The number of hydrogen-bond donors (Lipinski definition) is 0. The van der Waals surface area contributed by atoms with Gasteiger partial charge in [-0.1, -0.05) is 18.2 Å². The van der Waals surface area contributed by atoms with Crippen LogP contribution in [-0.2, 0) is 6.54 Å². The van der Waals surface area contributed by atoms with Gasteiger partial charge in [0.05, 0.1) is 4.92 Å². The lowest BCUT2D eigenvalue weighted by Crippen LogP contribution is -2.12. The van der Waals surface area contributed by atoms with Crippen LogP contribution in [0.3, 0.4) is 0 Å². The number of nitro groups is 1. The maximum absolute atomic E-state index is 10.8. The maximum atomic E-state index is 10.8. The van der Waals surface area contributed by atoms with Crippen LogP contribution in [0.4, 0.5) is 5.69 Å². The number of nitro benzene ring substituents is 1. The monoisotopic (exact) mass is 193 g/mol. The van der Waals surface area contributed by atoms with Crippen LogP contribution in [-0.4, -0.2) is 23.9 Å². The summed E-state index contributed by atoms with van der Waals surface area (Å²) >= 11 is 0. The molecule has 0 atom stereocenters. The molecule has 1 rings (SSSR count). The molecule has 0 amide bonds. The van der Waals surface area contributed by atoms with Crippen molar-refractivity contribution < 1.29 is 4.92 Å². The van der Waals surface area contributed by atoms with E-state index < -0.39 is 0 Å². The average Bonchev–Trinajstić information content (AvgIpc) is 2.01. The molecule has 0 bridgehead atoms. The fourth-order valence-corrected chi connectivity index (χ4v) is 1.35. The van der Waals surface area contributed by atoms with Crippen LogP contribution in [0.1, 0.15) is 11.1 Å². The van der Waals surface area contributed by atoms with Crippen molar-refractivity contribution >= 4 is 5.69 Å². The summed E-state index contributed by atoms with van der Waals surface area (Å²) < 4.78 is 0. The van der Waals surface area contributed by atoms with E-state index in [1.54, 1.807) is 18.2 Å². The van der Waals surface area contributed by atoms with Crippen molar-refractivity contribution in [2.24, 2.45) is 0 Å². The van der Waals surface area contributed by atoms with Gasteiger partial charge in [0.15, 0.2) is 0 Å². The molecule has 0 aromatic heterocycles. The molecule has 0 spiro atoms. The molecule has 4 nitrogen and oxygen atoms in total. The van der Waals surface area contributed by atoms with Crippen LogP contribution >= 0.6 is 0 Å². The van der Waals surface area contributed by atoms with Crippen molar-refractivity contribution in [3.63, 3.8) is 0 Å². The van der Waals surface area contributed by atoms with Gasteiger partial charge in [-0.3, -0.25) is 10.1 Å². The average molecular weight is 193 g/mol. The lowest BCUT2D eigenvalue weighted by molar-refractivity contribution is -0.386. The molecular formula is C10H13N2O2. The first-order valence-electron chi connectivity index (χ1n) is 4.25. The molecule has 0 heterocycles. The zero-order valence-electron chi connectivity index (χ0n) is 8.36. The number of nitrogens with zero attached hydrogens (tertiary/aromatic N) is 2. The van der Waals surface area contributed by atoms with Crippen LogP contribution in [0.5, 0.6) is 0 Å². The van der Waals surface area contributed by atoms with Crippen molar-refractivity contribution in [1.29, 1.82) is 0 Å². The highest BCUT2D eigenvalue weighted by Gasteiger charge is 2.16. The first-order chi connectivity index (χ1) is 6.52. The van der Waals surface area contributed by atoms with E-state index in [-0.39, 0.29) is 10.6 Å². The van der Waals surface area contributed by atoms with Crippen LogP contribution < -0.4 is 0 Å². The van der Waals surface area contributed by atoms with Crippen molar-refractivity contribution in [2.75, 3.05) is 14.1 Å². The van der Waals surface area contributed by atoms with Crippen molar-refractivity contribution in [3.8, 4) is 0 Å². The zero-order valence-corrected chi connectivity index (χ0v) is 8.36. The van der Waals surface area contributed by atoms with E-state index in [9.17, 15) is 10.1 Å². The van der Waals surface area contributed by atoms with Gasteiger partial charge in [0.25, 0.3) is 5.69 Å². The van der Waals surface area contributed by atoms with Gasteiger partial charge in [-0.25, -0.2) is 0 Å². The maximum Gasteiger partial charge on any atom is 0.277 e. The molecule has 0 saturated carbocycles. The lowest BCUT2D eigenvalue weighted by Gasteiger charge is -2.10. The second-order valence-electron chi connectivity index (χ2n) is 3.42. The van der Waals surface area contributed by atoms with Gasteiger partial charge < -0.3 is 4.90 Å². The normalized spacial score (nSPS) is 10.6. The lowest BCUT2D eigenvalue weighted by atomic mass is 10.1. The van der Waals surface area contributed by atoms with Gasteiger partial charge in [-0.05, 0) is 21.0 Å². The highest BCUT2D eigenvalue weighted by molar-refractivity contribution is 5.49. The largest absolute Gasteiger partial charge is 0.305 e. The third kappa shape index (κ3) is 2.29. The van der Waals surface area contributed by atoms with E-state index in [0.29, 0.717) is 17.7 Å². The molecule has 0 N–H and O–H groups in total. The summed E-state index contributed by atoms with van der Waals surface area (Å²) in [5.74, 6) is 0. The second-order valence-corrected chi connectivity index (χ2v) is 3.42. The summed E-state index contributed by atoms with van der Waals surface area (Å²) in [5, 5.41) is 10.8. The molecule has 0 unspecified atom stereocenters. The van der Waals surface area contributed by atoms with E-state index in [0.717, 1.165) is 0 Å². The van der Waals surface area contributed by atoms with Crippen molar-refractivity contribution in [1.82, 2.24) is 4.90 Å². The minimum absolute atomic E-state index is 0.126. The minimum Gasteiger partial charge on any atom is -0.305 e. The Labute approximate surface area is 83.3 Å². The highest BCUT2D eigenvalue weighted by atomic mass is 16.6. The molecule has 0 saturated heterocycles. The van der Waals surface area contributed by atoms with Gasteiger partial charge in [-0.15, -0.1) is 0 Å². The Kier molecular flexibility index (Phi) is 3.19. The standard InChI is InChI=1S/C10H13N2O2/c1-8-5-4-6-9(7-11(2)3)10(8)12(13)14/h4-6H,1,7H2,2-3H3. The Morgan fingerprint density at radius 1 is 1.50 bits per heavy atom. The van der Waals surface area contributed by atoms with E-state index in [2.05, 4.69) is 6.92 Å².